The standard InChI is InChI=1S/C14H26N2S2/c1-5-7-15-13(9-17-11(3)6-2)8-14-10-18-12(4)16-14/h10-11,13,15H,5-9H2,1-4H3. The Morgan fingerprint density at radius 3 is 2.78 bits per heavy atom. The molecule has 1 aromatic heterocycles. The molecule has 0 fully saturated rings. The molecule has 0 radical (unpaired) electrons. The number of hydrogen-bond donors (Lipinski definition) is 1. The number of aromatic nitrogens is 1. The summed E-state index contributed by atoms with van der Waals surface area (Å²) in [6.45, 7) is 9.98. The van der Waals surface area contributed by atoms with E-state index in [9.17, 15) is 0 Å². The molecule has 0 saturated heterocycles. The summed E-state index contributed by atoms with van der Waals surface area (Å²) in [5, 5.41) is 7.78. The van der Waals surface area contributed by atoms with Crippen LogP contribution >= 0.6 is 23.1 Å². The summed E-state index contributed by atoms with van der Waals surface area (Å²) in [5.74, 6) is 1.19. The first-order chi connectivity index (χ1) is 8.65. The van der Waals surface area contributed by atoms with Crippen LogP contribution in [0.25, 0.3) is 0 Å². The molecule has 1 N–H and O–H groups in total. The van der Waals surface area contributed by atoms with Crippen molar-refractivity contribution in [2.24, 2.45) is 0 Å². The van der Waals surface area contributed by atoms with Crippen LogP contribution in [0.4, 0.5) is 0 Å². The van der Waals surface area contributed by atoms with Gasteiger partial charge in [0.1, 0.15) is 0 Å². The van der Waals surface area contributed by atoms with Crippen LogP contribution in [-0.4, -0.2) is 28.6 Å². The van der Waals surface area contributed by atoms with E-state index in [-0.39, 0.29) is 0 Å². The van der Waals surface area contributed by atoms with Crippen LogP contribution < -0.4 is 5.32 Å². The van der Waals surface area contributed by atoms with Gasteiger partial charge in [0.2, 0.25) is 0 Å². The highest BCUT2D eigenvalue weighted by atomic mass is 32.2. The highest BCUT2D eigenvalue weighted by Gasteiger charge is 2.12. The third-order valence-electron chi connectivity index (χ3n) is 2.96. The Kier molecular flexibility index (Phi) is 7.95. The molecular formula is C14H26N2S2. The Morgan fingerprint density at radius 2 is 2.22 bits per heavy atom. The van der Waals surface area contributed by atoms with Gasteiger partial charge in [-0.2, -0.15) is 11.8 Å². The van der Waals surface area contributed by atoms with Crippen molar-refractivity contribution in [3.8, 4) is 0 Å². The fourth-order valence-corrected chi connectivity index (χ4v) is 3.35. The molecule has 1 rings (SSSR count). The van der Waals surface area contributed by atoms with Crippen LogP contribution in [0, 0.1) is 6.92 Å². The minimum atomic E-state index is 0.561. The van der Waals surface area contributed by atoms with Gasteiger partial charge in [-0.15, -0.1) is 11.3 Å². The van der Waals surface area contributed by atoms with Crippen LogP contribution in [0.15, 0.2) is 5.38 Å². The Balaban J connectivity index is 2.44. The normalized spacial score (nSPS) is 14.7. The van der Waals surface area contributed by atoms with Crippen molar-refractivity contribution in [1.82, 2.24) is 10.3 Å². The average Bonchev–Trinajstić information content (AvgIpc) is 2.77. The number of nitrogens with zero attached hydrogens (tertiary/aromatic N) is 1. The van der Waals surface area contributed by atoms with Gasteiger partial charge < -0.3 is 5.32 Å². The zero-order valence-corrected chi connectivity index (χ0v) is 13.7. The molecule has 1 heterocycles. The van der Waals surface area contributed by atoms with E-state index in [1.807, 2.05) is 0 Å². The van der Waals surface area contributed by atoms with Crippen LogP contribution in [0.3, 0.4) is 0 Å². The number of hydrogen-bond acceptors (Lipinski definition) is 4. The summed E-state index contributed by atoms with van der Waals surface area (Å²) in [6, 6.07) is 0.561. The molecule has 0 aromatic carbocycles. The topological polar surface area (TPSA) is 24.9 Å². The Hall–Kier alpha value is -0.0600. The molecular weight excluding hydrogens is 260 g/mol. The number of rotatable bonds is 9. The summed E-state index contributed by atoms with van der Waals surface area (Å²) < 4.78 is 0. The smallest absolute Gasteiger partial charge is 0.0897 e. The molecule has 0 aliphatic carbocycles. The molecule has 1 aromatic rings. The Morgan fingerprint density at radius 1 is 1.44 bits per heavy atom. The zero-order valence-electron chi connectivity index (χ0n) is 12.0. The van der Waals surface area contributed by atoms with Gasteiger partial charge in [-0.1, -0.05) is 20.8 Å². The molecule has 0 spiro atoms. The molecule has 2 atom stereocenters. The van der Waals surface area contributed by atoms with Crippen molar-refractivity contribution < 1.29 is 0 Å². The third kappa shape index (κ3) is 6.21. The Labute approximate surface area is 120 Å². The van der Waals surface area contributed by atoms with Gasteiger partial charge >= 0.3 is 0 Å². The molecule has 0 bridgehead atoms. The highest BCUT2D eigenvalue weighted by molar-refractivity contribution is 7.99. The van der Waals surface area contributed by atoms with E-state index in [1.165, 1.54) is 29.3 Å². The molecule has 0 aliphatic heterocycles. The quantitative estimate of drug-likeness (QED) is 0.745. The first-order valence-corrected chi connectivity index (χ1v) is 8.84. The lowest BCUT2D eigenvalue weighted by Gasteiger charge is -2.19. The molecule has 18 heavy (non-hydrogen) atoms. The zero-order chi connectivity index (χ0) is 13.4. The molecule has 0 saturated carbocycles. The molecule has 104 valence electrons. The van der Waals surface area contributed by atoms with Crippen molar-refractivity contribution in [2.75, 3.05) is 12.3 Å². The third-order valence-corrected chi connectivity index (χ3v) is 5.28. The second-order valence-corrected chi connectivity index (χ2v) is 7.30. The largest absolute Gasteiger partial charge is 0.313 e. The van der Waals surface area contributed by atoms with Crippen LogP contribution in [0.5, 0.6) is 0 Å². The summed E-state index contributed by atoms with van der Waals surface area (Å²) >= 11 is 3.83. The van der Waals surface area contributed by atoms with E-state index in [2.05, 4.69) is 55.1 Å². The second kappa shape index (κ2) is 8.94. The van der Waals surface area contributed by atoms with Gasteiger partial charge in [0.15, 0.2) is 0 Å². The summed E-state index contributed by atoms with van der Waals surface area (Å²) in [4.78, 5) is 4.58. The highest BCUT2D eigenvalue weighted by Crippen LogP contribution is 2.17. The molecule has 2 unspecified atom stereocenters. The van der Waals surface area contributed by atoms with Gasteiger partial charge in [0.05, 0.1) is 10.7 Å². The summed E-state index contributed by atoms with van der Waals surface area (Å²) in [6.07, 6.45) is 3.51. The number of thioether (sulfide) groups is 1. The summed E-state index contributed by atoms with van der Waals surface area (Å²) in [5.41, 5.74) is 1.25. The second-order valence-electron chi connectivity index (χ2n) is 4.77. The minimum absolute atomic E-state index is 0.561. The maximum Gasteiger partial charge on any atom is 0.0897 e. The SMILES string of the molecule is CCCNC(CSC(C)CC)Cc1csc(C)n1. The first-order valence-electron chi connectivity index (χ1n) is 6.91. The number of aryl methyl sites for hydroxylation is 1. The van der Waals surface area contributed by atoms with Gasteiger partial charge in [-0.3, -0.25) is 0 Å². The van der Waals surface area contributed by atoms with Gasteiger partial charge in [0.25, 0.3) is 0 Å². The average molecular weight is 287 g/mol. The van der Waals surface area contributed by atoms with E-state index >= 15 is 0 Å². The van der Waals surface area contributed by atoms with Crippen molar-refractivity contribution in [3.05, 3.63) is 16.1 Å². The predicted molar refractivity (Wildman–Crippen MR) is 84.8 cm³/mol. The van der Waals surface area contributed by atoms with E-state index in [4.69, 9.17) is 0 Å². The van der Waals surface area contributed by atoms with Crippen molar-refractivity contribution in [2.45, 2.75) is 58.2 Å². The Bertz CT molecular complexity index is 325. The molecule has 0 amide bonds. The van der Waals surface area contributed by atoms with E-state index < -0.39 is 0 Å². The first kappa shape index (κ1) is 16.0. The predicted octanol–water partition coefficient (Wildman–Crippen LogP) is 3.89. The lowest BCUT2D eigenvalue weighted by molar-refractivity contribution is 0.545. The summed E-state index contributed by atoms with van der Waals surface area (Å²) in [7, 11) is 0. The van der Waals surface area contributed by atoms with E-state index in [1.54, 1.807) is 11.3 Å². The van der Waals surface area contributed by atoms with E-state index in [0.717, 1.165) is 18.2 Å². The van der Waals surface area contributed by atoms with Crippen LogP contribution in [-0.2, 0) is 6.42 Å². The monoisotopic (exact) mass is 286 g/mol. The fourth-order valence-electron chi connectivity index (χ4n) is 1.69. The fraction of sp³-hybridized carbons (Fsp3) is 0.786. The van der Waals surface area contributed by atoms with E-state index in [0.29, 0.717) is 6.04 Å². The van der Waals surface area contributed by atoms with Crippen LogP contribution in [0.1, 0.15) is 44.3 Å². The van der Waals surface area contributed by atoms with Gasteiger partial charge in [0, 0.05) is 28.8 Å². The van der Waals surface area contributed by atoms with Gasteiger partial charge in [-0.25, -0.2) is 4.98 Å². The lowest BCUT2D eigenvalue weighted by Crippen LogP contribution is -2.34. The minimum Gasteiger partial charge on any atom is -0.313 e. The molecule has 4 heteroatoms. The van der Waals surface area contributed by atoms with Gasteiger partial charge in [-0.05, 0) is 26.3 Å². The maximum atomic E-state index is 4.58. The number of nitrogens with one attached hydrogen (secondary N) is 1. The van der Waals surface area contributed by atoms with Crippen molar-refractivity contribution >= 4 is 23.1 Å². The lowest BCUT2D eigenvalue weighted by atomic mass is 10.2. The maximum absolute atomic E-state index is 4.58. The number of thiazole rings is 1. The molecule has 2 nitrogen and oxygen atoms in total. The van der Waals surface area contributed by atoms with Crippen molar-refractivity contribution in [1.29, 1.82) is 0 Å². The van der Waals surface area contributed by atoms with Crippen molar-refractivity contribution in [3.63, 3.8) is 0 Å². The molecule has 0 aliphatic rings. The van der Waals surface area contributed by atoms with Crippen LogP contribution in [0.2, 0.25) is 0 Å².